The third-order valence-electron chi connectivity index (χ3n) is 4.93. The maximum atomic E-state index is 4.31. The first kappa shape index (κ1) is 21.5. The molecule has 0 amide bonds. The number of pyridine rings is 1. The fraction of sp³-hybridized carbons (Fsp3) is 0.429. The molecular formula is C21H30IN5. The first-order chi connectivity index (χ1) is 12.7. The van der Waals surface area contributed by atoms with Gasteiger partial charge < -0.3 is 15.5 Å². The summed E-state index contributed by atoms with van der Waals surface area (Å²) in [5.74, 6) is 1.64. The quantitative estimate of drug-likeness (QED) is 0.389. The average molecular weight is 479 g/mol. The summed E-state index contributed by atoms with van der Waals surface area (Å²) in [7, 11) is 1.79. The van der Waals surface area contributed by atoms with E-state index >= 15 is 0 Å². The zero-order valence-corrected chi connectivity index (χ0v) is 18.5. The number of halogens is 1. The Morgan fingerprint density at radius 1 is 1.07 bits per heavy atom. The normalized spacial score (nSPS) is 15.2. The van der Waals surface area contributed by atoms with Crippen LogP contribution < -0.4 is 15.5 Å². The predicted octanol–water partition coefficient (Wildman–Crippen LogP) is 3.80. The van der Waals surface area contributed by atoms with Gasteiger partial charge in [-0.2, -0.15) is 0 Å². The van der Waals surface area contributed by atoms with Crippen LogP contribution in [-0.2, 0) is 13.1 Å². The molecule has 0 radical (unpaired) electrons. The van der Waals surface area contributed by atoms with E-state index in [-0.39, 0.29) is 24.0 Å². The van der Waals surface area contributed by atoms with E-state index in [1.54, 1.807) is 13.2 Å². The van der Waals surface area contributed by atoms with Crippen molar-refractivity contribution >= 4 is 35.6 Å². The minimum atomic E-state index is 0. The molecule has 1 aliphatic rings. The Labute approximate surface area is 179 Å². The van der Waals surface area contributed by atoms with Crippen LogP contribution in [0.2, 0.25) is 0 Å². The second-order valence-electron chi connectivity index (χ2n) is 6.94. The predicted molar refractivity (Wildman–Crippen MR) is 124 cm³/mol. The van der Waals surface area contributed by atoms with Crippen LogP contribution in [0.15, 0.2) is 53.7 Å². The van der Waals surface area contributed by atoms with Crippen LogP contribution in [-0.4, -0.2) is 31.1 Å². The molecule has 3 rings (SSSR count). The van der Waals surface area contributed by atoms with E-state index in [0.29, 0.717) is 6.54 Å². The number of nitrogens with one attached hydrogen (secondary N) is 2. The molecular weight excluding hydrogens is 449 g/mol. The molecule has 2 N–H and O–H groups in total. The van der Waals surface area contributed by atoms with Crippen LogP contribution in [0.3, 0.4) is 0 Å². The topological polar surface area (TPSA) is 52.6 Å². The molecule has 2 aromatic rings. The molecule has 0 spiro atoms. The van der Waals surface area contributed by atoms with Gasteiger partial charge in [-0.1, -0.05) is 25.1 Å². The SMILES string of the molecule is CN=C(NCc1ccc(N2CCC(C)CC2)cc1)NCc1ccccn1.I. The highest BCUT2D eigenvalue weighted by Crippen LogP contribution is 2.23. The van der Waals surface area contributed by atoms with Crippen LogP contribution >= 0.6 is 24.0 Å². The molecule has 5 nitrogen and oxygen atoms in total. The van der Waals surface area contributed by atoms with Gasteiger partial charge in [0.15, 0.2) is 5.96 Å². The lowest BCUT2D eigenvalue weighted by Crippen LogP contribution is -2.36. The van der Waals surface area contributed by atoms with Gasteiger partial charge in [-0.15, -0.1) is 24.0 Å². The summed E-state index contributed by atoms with van der Waals surface area (Å²) in [6.45, 7) is 6.10. The maximum absolute atomic E-state index is 4.31. The number of aromatic nitrogens is 1. The minimum Gasteiger partial charge on any atom is -0.372 e. The van der Waals surface area contributed by atoms with Gasteiger partial charge in [0.05, 0.1) is 12.2 Å². The Morgan fingerprint density at radius 2 is 1.78 bits per heavy atom. The summed E-state index contributed by atoms with van der Waals surface area (Å²) in [6, 6.07) is 14.8. The van der Waals surface area contributed by atoms with E-state index in [1.165, 1.54) is 37.2 Å². The van der Waals surface area contributed by atoms with Crippen LogP contribution in [0, 0.1) is 5.92 Å². The lowest BCUT2D eigenvalue weighted by molar-refractivity contribution is 0.438. The number of rotatable bonds is 5. The number of nitrogens with zero attached hydrogens (tertiary/aromatic N) is 3. The first-order valence-corrected chi connectivity index (χ1v) is 9.43. The summed E-state index contributed by atoms with van der Waals surface area (Å²) < 4.78 is 0. The van der Waals surface area contributed by atoms with Crippen LogP contribution in [0.5, 0.6) is 0 Å². The smallest absolute Gasteiger partial charge is 0.191 e. The van der Waals surface area contributed by atoms with Crippen molar-refractivity contribution in [2.75, 3.05) is 25.0 Å². The molecule has 0 bridgehead atoms. The van der Waals surface area contributed by atoms with Gasteiger partial charge in [-0.3, -0.25) is 9.98 Å². The average Bonchev–Trinajstić information content (AvgIpc) is 2.70. The van der Waals surface area contributed by atoms with Crippen molar-refractivity contribution in [2.45, 2.75) is 32.9 Å². The van der Waals surface area contributed by atoms with E-state index in [2.05, 4.69) is 56.7 Å². The summed E-state index contributed by atoms with van der Waals surface area (Å²) in [5, 5.41) is 6.65. The van der Waals surface area contributed by atoms with Crippen LogP contribution in [0.25, 0.3) is 0 Å². The highest BCUT2D eigenvalue weighted by molar-refractivity contribution is 14.0. The molecule has 0 atom stereocenters. The molecule has 146 valence electrons. The van der Waals surface area contributed by atoms with Crippen LogP contribution in [0.1, 0.15) is 31.0 Å². The lowest BCUT2D eigenvalue weighted by Gasteiger charge is -2.32. The van der Waals surface area contributed by atoms with Crippen molar-refractivity contribution in [3.63, 3.8) is 0 Å². The van der Waals surface area contributed by atoms with Gasteiger partial charge in [0.25, 0.3) is 0 Å². The van der Waals surface area contributed by atoms with Crippen molar-refractivity contribution in [1.29, 1.82) is 0 Å². The van der Waals surface area contributed by atoms with E-state index in [1.807, 2.05) is 18.2 Å². The number of piperidine rings is 1. The summed E-state index contributed by atoms with van der Waals surface area (Å²) in [4.78, 5) is 11.1. The molecule has 1 aliphatic heterocycles. The molecule has 2 heterocycles. The summed E-state index contributed by atoms with van der Waals surface area (Å²) in [5.41, 5.74) is 3.58. The minimum absolute atomic E-state index is 0. The van der Waals surface area contributed by atoms with Gasteiger partial charge >= 0.3 is 0 Å². The Hall–Kier alpha value is -1.83. The van der Waals surface area contributed by atoms with Gasteiger partial charge in [0.1, 0.15) is 0 Å². The number of aliphatic imine (C=N–C) groups is 1. The fourth-order valence-electron chi connectivity index (χ4n) is 3.17. The van der Waals surface area contributed by atoms with Crippen molar-refractivity contribution in [3.8, 4) is 0 Å². The van der Waals surface area contributed by atoms with Gasteiger partial charge in [-0.25, -0.2) is 0 Å². The zero-order valence-electron chi connectivity index (χ0n) is 16.2. The summed E-state index contributed by atoms with van der Waals surface area (Å²) >= 11 is 0. The molecule has 6 heteroatoms. The summed E-state index contributed by atoms with van der Waals surface area (Å²) in [6.07, 6.45) is 4.39. The molecule has 27 heavy (non-hydrogen) atoms. The zero-order chi connectivity index (χ0) is 18.2. The molecule has 1 fully saturated rings. The number of hydrogen-bond acceptors (Lipinski definition) is 3. The number of benzene rings is 1. The number of guanidine groups is 1. The first-order valence-electron chi connectivity index (χ1n) is 9.43. The second kappa shape index (κ2) is 11.1. The maximum Gasteiger partial charge on any atom is 0.191 e. The van der Waals surface area contributed by atoms with E-state index in [0.717, 1.165) is 24.1 Å². The fourth-order valence-corrected chi connectivity index (χ4v) is 3.17. The van der Waals surface area contributed by atoms with Crippen molar-refractivity contribution in [2.24, 2.45) is 10.9 Å². The monoisotopic (exact) mass is 479 g/mol. The Morgan fingerprint density at radius 3 is 2.41 bits per heavy atom. The molecule has 1 aromatic heterocycles. The van der Waals surface area contributed by atoms with Crippen LogP contribution in [0.4, 0.5) is 5.69 Å². The van der Waals surface area contributed by atoms with E-state index < -0.39 is 0 Å². The molecule has 0 saturated carbocycles. The van der Waals surface area contributed by atoms with Crippen molar-refractivity contribution in [1.82, 2.24) is 15.6 Å². The van der Waals surface area contributed by atoms with Gasteiger partial charge in [0.2, 0.25) is 0 Å². The van der Waals surface area contributed by atoms with Gasteiger partial charge in [0, 0.05) is 38.6 Å². The Balaban J connectivity index is 0.00000261. The van der Waals surface area contributed by atoms with E-state index in [9.17, 15) is 0 Å². The largest absolute Gasteiger partial charge is 0.372 e. The number of hydrogen-bond donors (Lipinski definition) is 2. The highest BCUT2D eigenvalue weighted by atomic mass is 127. The molecule has 0 unspecified atom stereocenters. The standard InChI is InChI=1S/C21H29N5.HI/c1-17-10-13-26(14-11-17)20-8-6-18(7-9-20)15-24-21(22-2)25-16-19-5-3-4-12-23-19;/h3-9,12,17H,10-11,13-16H2,1-2H3,(H2,22,24,25);1H. The Kier molecular flexibility index (Phi) is 8.84. The van der Waals surface area contributed by atoms with Gasteiger partial charge in [-0.05, 0) is 48.6 Å². The third kappa shape index (κ3) is 6.68. The van der Waals surface area contributed by atoms with E-state index in [4.69, 9.17) is 0 Å². The lowest BCUT2D eigenvalue weighted by atomic mass is 9.99. The highest BCUT2D eigenvalue weighted by Gasteiger charge is 2.15. The molecule has 1 saturated heterocycles. The third-order valence-corrected chi connectivity index (χ3v) is 4.93. The second-order valence-corrected chi connectivity index (χ2v) is 6.94. The van der Waals surface area contributed by atoms with Crippen molar-refractivity contribution < 1.29 is 0 Å². The number of anilines is 1. The molecule has 1 aromatic carbocycles. The van der Waals surface area contributed by atoms with Crippen molar-refractivity contribution in [3.05, 3.63) is 59.9 Å². The molecule has 0 aliphatic carbocycles. The Bertz CT molecular complexity index is 694.